The molecule has 0 amide bonds. The molecule has 0 unspecified atom stereocenters. The summed E-state index contributed by atoms with van der Waals surface area (Å²) in [7, 11) is 0. The van der Waals surface area contributed by atoms with Gasteiger partial charge in [-0.3, -0.25) is 9.59 Å². The van der Waals surface area contributed by atoms with Gasteiger partial charge in [0.2, 0.25) is 0 Å². The molecule has 3 heteroatoms. The number of rotatable bonds is 1. The fourth-order valence-electron chi connectivity index (χ4n) is 1.39. The third-order valence-corrected chi connectivity index (χ3v) is 1.88. The zero-order valence-corrected chi connectivity index (χ0v) is 6.42. The SMILES string of the molecule is CC1(C=O)CC(=O)CC(=O)C1. The van der Waals surface area contributed by atoms with Crippen molar-refractivity contribution in [2.45, 2.75) is 26.2 Å². The predicted octanol–water partition coefficient (Wildman–Crippen LogP) is 0.514. The molecular formula is C8H10O3. The Morgan fingerprint density at radius 1 is 1.27 bits per heavy atom. The van der Waals surface area contributed by atoms with E-state index >= 15 is 0 Å². The van der Waals surface area contributed by atoms with E-state index in [0.717, 1.165) is 0 Å². The molecule has 1 fully saturated rings. The van der Waals surface area contributed by atoms with E-state index < -0.39 is 5.41 Å². The van der Waals surface area contributed by atoms with Crippen LogP contribution < -0.4 is 0 Å². The highest BCUT2D eigenvalue weighted by molar-refractivity contribution is 6.04. The minimum atomic E-state index is -0.716. The van der Waals surface area contributed by atoms with E-state index in [9.17, 15) is 14.4 Å². The summed E-state index contributed by atoms with van der Waals surface area (Å²) in [6.45, 7) is 1.65. The van der Waals surface area contributed by atoms with E-state index in [4.69, 9.17) is 0 Å². The molecule has 1 rings (SSSR count). The molecule has 0 spiro atoms. The first-order valence-electron chi connectivity index (χ1n) is 3.55. The molecule has 3 nitrogen and oxygen atoms in total. The third kappa shape index (κ3) is 1.73. The zero-order valence-electron chi connectivity index (χ0n) is 6.42. The average molecular weight is 154 g/mol. The Bertz CT molecular complexity index is 201. The van der Waals surface area contributed by atoms with Crippen LogP contribution in [0.3, 0.4) is 0 Å². The van der Waals surface area contributed by atoms with Gasteiger partial charge in [0.25, 0.3) is 0 Å². The summed E-state index contributed by atoms with van der Waals surface area (Å²) in [5.74, 6) is -0.230. The maximum atomic E-state index is 10.9. The van der Waals surface area contributed by atoms with Gasteiger partial charge in [-0.15, -0.1) is 0 Å². The highest BCUT2D eigenvalue weighted by Crippen LogP contribution is 2.29. The second-order valence-corrected chi connectivity index (χ2v) is 3.38. The van der Waals surface area contributed by atoms with Crippen LogP contribution in [0.25, 0.3) is 0 Å². The summed E-state index contributed by atoms with van der Waals surface area (Å²) in [6, 6.07) is 0. The molecule has 60 valence electrons. The molecule has 0 aromatic carbocycles. The van der Waals surface area contributed by atoms with E-state index in [-0.39, 0.29) is 30.8 Å². The summed E-state index contributed by atoms with van der Waals surface area (Å²) in [5, 5.41) is 0. The molecule has 1 aliphatic rings. The summed E-state index contributed by atoms with van der Waals surface area (Å²) in [6.07, 6.45) is 1.18. The molecule has 0 heterocycles. The van der Waals surface area contributed by atoms with Crippen molar-refractivity contribution in [3.8, 4) is 0 Å². The van der Waals surface area contributed by atoms with Crippen LogP contribution >= 0.6 is 0 Å². The summed E-state index contributed by atoms with van der Waals surface area (Å²) in [5.41, 5.74) is -0.716. The highest BCUT2D eigenvalue weighted by Gasteiger charge is 2.35. The van der Waals surface area contributed by atoms with E-state index in [0.29, 0.717) is 6.29 Å². The van der Waals surface area contributed by atoms with Crippen LogP contribution in [0.4, 0.5) is 0 Å². The van der Waals surface area contributed by atoms with Crippen LogP contribution in [0.1, 0.15) is 26.2 Å². The Morgan fingerprint density at radius 3 is 2.09 bits per heavy atom. The monoisotopic (exact) mass is 154 g/mol. The van der Waals surface area contributed by atoms with Gasteiger partial charge < -0.3 is 4.79 Å². The van der Waals surface area contributed by atoms with Crippen molar-refractivity contribution >= 4 is 17.9 Å². The van der Waals surface area contributed by atoms with Gasteiger partial charge in [0, 0.05) is 18.3 Å². The first kappa shape index (κ1) is 8.11. The fraction of sp³-hybridized carbons (Fsp3) is 0.625. The van der Waals surface area contributed by atoms with Crippen molar-refractivity contribution in [1.82, 2.24) is 0 Å². The molecule has 1 saturated carbocycles. The maximum Gasteiger partial charge on any atom is 0.141 e. The molecule has 0 aromatic rings. The molecule has 0 atom stereocenters. The zero-order chi connectivity index (χ0) is 8.48. The number of hydrogen-bond donors (Lipinski definition) is 0. The van der Waals surface area contributed by atoms with E-state index in [2.05, 4.69) is 0 Å². The van der Waals surface area contributed by atoms with Gasteiger partial charge in [-0.25, -0.2) is 0 Å². The van der Waals surface area contributed by atoms with Crippen LogP contribution in [-0.2, 0) is 14.4 Å². The van der Waals surface area contributed by atoms with Crippen LogP contribution in [-0.4, -0.2) is 17.9 Å². The molecule has 0 aromatic heterocycles. The smallest absolute Gasteiger partial charge is 0.141 e. The minimum absolute atomic E-state index is 0.0173. The number of carbonyl (C=O) groups is 3. The van der Waals surface area contributed by atoms with Crippen molar-refractivity contribution in [2.24, 2.45) is 5.41 Å². The summed E-state index contributed by atoms with van der Waals surface area (Å²) >= 11 is 0. The highest BCUT2D eigenvalue weighted by atomic mass is 16.2. The van der Waals surface area contributed by atoms with E-state index in [1.54, 1.807) is 6.92 Å². The minimum Gasteiger partial charge on any atom is -0.303 e. The average Bonchev–Trinajstić information content (AvgIpc) is 1.84. The molecule has 0 saturated heterocycles. The Morgan fingerprint density at radius 2 is 1.73 bits per heavy atom. The lowest BCUT2D eigenvalue weighted by Crippen LogP contribution is -2.32. The Kier molecular flexibility index (Phi) is 1.89. The second-order valence-electron chi connectivity index (χ2n) is 3.38. The third-order valence-electron chi connectivity index (χ3n) is 1.88. The number of carbonyl (C=O) groups excluding carboxylic acids is 3. The molecule has 0 radical (unpaired) electrons. The predicted molar refractivity (Wildman–Crippen MR) is 38.0 cm³/mol. The van der Waals surface area contributed by atoms with E-state index in [1.807, 2.05) is 0 Å². The van der Waals surface area contributed by atoms with Crippen LogP contribution in [0.2, 0.25) is 0 Å². The van der Waals surface area contributed by atoms with Gasteiger partial charge in [-0.05, 0) is 0 Å². The lowest BCUT2D eigenvalue weighted by atomic mass is 9.76. The van der Waals surface area contributed by atoms with Gasteiger partial charge in [0.15, 0.2) is 0 Å². The van der Waals surface area contributed by atoms with Gasteiger partial charge in [0.1, 0.15) is 17.9 Å². The first-order chi connectivity index (χ1) is 5.06. The van der Waals surface area contributed by atoms with Crippen molar-refractivity contribution in [3.05, 3.63) is 0 Å². The number of ketones is 2. The summed E-state index contributed by atoms with van der Waals surface area (Å²) in [4.78, 5) is 32.2. The molecule has 0 bridgehead atoms. The molecular weight excluding hydrogens is 144 g/mol. The first-order valence-corrected chi connectivity index (χ1v) is 3.55. The molecule has 11 heavy (non-hydrogen) atoms. The topological polar surface area (TPSA) is 51.2 Å². The van der Waals surface area contributed by atoms with Crippen molar-refractivity contribution in [1.29, 1.82) is 0 Å². The van der Waals surface area contributed by atoms with Crippen LogP contribution in [0.5, 0.6) is 0 Å². The lowest BCUT2D eigenvalue weighted by Gasteiger charge is -2.25. The number of aldehydes is 1. The van der Waals surface area contributed by atoms with Gasteiger partial charge >= 0.3 is 0 Å². The Labute approximate surface area is 64.8 Å². The van der Waals surface area contributed by atoms with Gasteiger partial charge in [0.05, 0.1) is 6.42 Å². The molecule has 0 N–H and O–H groups in total. The molecule has 1 aliphatic carbocycles. The number of hydrogen-bond acceptors (Lipinski definition) is 3. The van der Waals surface area contributed by atoms with E-state index in [1.165, 1.54) is 0 Å². The standard InChI is InChI=1S/C8H10O3/c1-8(5-9)3-6(10)2-7(11)4-8/h5H,2-4H2,1H3. The Hall–Kier alpha value is -0.990. The summed E-state index contributed by atoms with van der Waals surface area (Å²) < 4.78 is 0. The molecule has 0 aliphatic heterocycles. The maximum absolute atomic E-state index is 10.9. The second kappa shape index (κ2) is 2.57. The Balaban J connectivity index is 2.78. The van der Waals surface area contributed by atoms with Crippen molar-refractivity contribution in [3.63, 3.8) is 0 Å². The fourth-order valence-corrected chi connectivity index (χ4v) is 1.39. The van der Waals surface area contributed by atoms with Crippen molar-refractivity contribution < 1.29 is 14.4 Å². The lowest BCUT2D eigenvalue weighted by molar-refractivity contribution is -0.137. The normalized spacial score (nSPS) is 23.4. The largest absolute Gasteiger partial charge is 0.303 e. The van der Waals surface area contributed by atoms with Crippen LogP contribution in [0, 0.1) is 5.41 Å². The van der Waals surface area contributed by atoms with Gasteiger partial charge in [-0.2, -0.15) is 0 Å². The van der Waals surface area contributed by atoms with Crippen LogP contribution in [0.15, 0.2) is 0 Å². The van der Waals surface area contributed by atoms with Gasteiger partial charge in [-0.1, -0.05) is 6.92 Å². The quantitative estimate of drug-likeness (QED) is 0.408. The van der Waals surface area contributed by atoms with Crippen molar-refractivity contribution in [2.75, 3.05) is 0 Å². The number of Topliss-reactive ketones (excluding diaryl/α,β-unsaturated/α-hetero) is 2.